The molecule has 106 valence electrons. The summed E-state index contributed by atoms with van der Waals surface area (Å²) in [6.07, 6.45) is -0.626. The van der Waals surface area contributed by atoms with Crippen molar-refractivity contribution in [1.29, 1.82) is 0 Å². The Labute approximate surface area is 123 Å². The predicted octanol–water partition coefficient (Wildman–Crippen LogP) is 3.33. The van der Waals surface area contributed by atoms with Gasteiger partial charge in [0.1, 0.15) is 5.75 Å². The molecule has 1 N–H and O–H groups in total. The van der Waals surface area contributed by atoms with E-state index in [1.165, 1.54) is 0 Å². The van der Waals surface area contributed by atoms with Gasteiger partial charge in [-0.25, -0.2) is 0 Å². The third-order valence-electron chi connectivity index (χ3n) is 4.54. The lowest BCUT2D eigenvalue weighted by molar-refractivity contribution is -0.0125. The molecule has 4 rings (SSSR count). The summed E-state index contributed by atoms with van der Waals surface area (Å²) in [5, 5.41) is 11.0. The minimum atomic E-state index is -1.57. The molecule has 1 aliphatic heterocycles. The van der Waals surface area contributed by atoms with Crippen molar-refractivity contribution in [2.75, 3.05) is 0 Å². The number of benzene rings is 2. The normalized spacial score (nSPS) is 25.5. The number of rotatable bonds is 1. The molecular formula is C18H16O3. The average Bonchev–Trinajstić information content (AvgIpc) is 2.90. The number of hydrogen-bond donors (Lipinski definition) is 1. The van der Waals surface area contributed by atoms with Gasteiger partial charge in [0.05, 0.1) is 0 Å². The Morgan fingerprint density at radius 2 is 1.95 bits per heavy atom. The summed E-state index contributed by atoms with van der Waals surface area (Å²) in [5.41, 5.74) is 1.47. The summed E-state index contributed by atoms with van der Waals surface area (Å²) in [5.74, 6) is 0.729. The van der Waals surface area contributed by atoms with Gasteiger partial charge in [-0.3, -0.25) is 4.79 Å². The van der Waals surface area contributed by atoms with Gasteiger partial charge in [0, 0.05) is 16.7 Å². The zero-order valence-corrected chi connectivity index (χ0v) is 12.0. The molecule has 3 nitrogen and oxygen atoms in total. The highest BCUT2D eigenvalue weighted by atomic mass is 16.5. The molecule has 0 radical (unpaired) electrons. The van der Waals surface area contributed by atoms with Gasteiger partial charge in [-0.1, -0.05) is 50.2 Å². The number of carbonyl (C=O) groups is 1. The van der Waals surface area contributed by atoms with Crippen LogP contribution < -0.4 is 4.74 Å². The zero-order valence-electron chi connectivity index (χ0n) is 12.0. The molecule has 3 heteroatoms. The van der Waals surface area contributed by atoms with Crippen LogP contribution in [-0.4, -0.2) is 10.9 Å². The Kier molecular flexibility index (Phi) is 2.37. The summed E-state index contributed by atoms with van der Waals surface area (Å²) < 4.78 is 5.95. The number of aliphatic hydroxyl groups is 1. The first-order valence-electron chi connectivity index (χ1n) is 7.20. The fraction of sp³-hybridized carbons (Fsp3) is 0.278. The number of Topliss-reactive ketones (excluding diaryl/α,β-unsaturated/α-hetero) is 1. The molecule has 0 fully saturated rings. The lowest BCUT2D eigenvalue weighted by atomic mass is 9.88. The first-order chi connectivity index (χ1) is 10.0. The number of fused-ring (bicyclic) bond motifs is 5. The van der Waals surface area contributed by atoms with Gasteiger partial charge >= 0.3 is 0 Å². The third kappa shape index (κ3) is 1.44. The van der Waals surface area contributed by atoms with Crippen LogP contribution in [0, 0.1) is 0 Å². The number of ketones is 1. The van der Waals surface area contributed by atoms with E-state index in [0.717, 1.165) is 11.1 Å². The van der Waals surface area contributed by atoms with Crippen molar-refractivity contribution in [2.45, 2.75) is 31.5 Å². The topological polar surface area (TPSA) is 46.5 Å². The third-order valence-corrected chi connectivity index (χ3v) is 4.54. The van der Waals surface area contributed by atoms with Crippen LogP contribution in [0.15, 0.2) is 42.5 Å². The molecule has 1 heterocycles. The highest BCUT2D eigenvalue weighted by Gasteiger charge is 2.59. The number of carbonyl (C=O) groups excluding carboxylic acids is 1. The highest BCUT2D eigenvalue weighted by Crippen LogP contribution is 2.55. The monoisotopic (exact) mass is 280 g/mol. The van der Waals surface area contributed by atoms with E-state index in [1.807, 2.05) is 36.4 Å². The molecule has 0 aromatic heterocycles. The molecule has 0 amide bonds. The van der Waals surface area contributed by atoms with Gasteiger partial charge in [-0.2, -0.15) is 0 Å². The quantitative estimate of drug-likeness (QED) is 0.871. The van der Waals surface area contributed by atoms with E-state index >= 15 is 0 Å². The largest absolute Gasteiger partial charge is 0.481 e. The molecule has 0 spiro atoms. The van der Waals surface area contributed by atoms with Gasteiger partial charge in [0.25, 0.3) is 0 Å². The van der Waals surface area contributed by atoms with Crippen molar-refractivity contribution in [2.24, 2.45) is 0 Å². The van der Waals surface area contributed by atoms with Crippen molar-refractivity contribution in [3.8, 4) is 5.75 Å². The Balaban J connectivity index is 1.90. The van der Waals surface area contributed by atoms with Crippen molar-refractivity contribution >= 4 is 5.78 Å². The van der Waals surface area contributed by atoms with Gasteiger partial charge in [-0.15, -0.1) is 0 Å². The van der Waals surface area contributed by atoms with Crippen molar-refractivity contribution < 1.29 is 14.6 Å². The van der Waals surface area contributed by atoms with E-state index < -0.39 is 11.7 Å². The van der Waals surface area contributed by atoms with E-state index in [1.54, 1.807) is 6.07 Å². The Bertz CT molecular complexity index is 763. The van der Waals surface area contributed by atoms with E-state index in [9.17, 15) is 9.90 Å². The predicted molar refractivity (Wildman–Crippen MR) is 78.6 cm³/mol. The Morgan fingerprint density at radius 3 is 2.71 bits per heavy atom. The van der Waals surface area contributed by atoms with E-state index in [2.05, 4.69) is 13.8 Å². The Morgan fingerprint density at radius 1 is 1.19 bits per heavy atom. The maximum absolute atomic E-state index is 12.7. The van der Waals surface area contributed by atoms with Crippen LogP contribution in [0.25, 0.3) is 0 Å². The van der Waals surface area contributed by atoms with Crippen molar-refractivity contribution in [1.82, 2.24) is 0 Å². The van der Waals surface area contributed by atoms with Crippen LogP contribution in [0.4, 0.5) is 0 Å². The van der Waals surface area contributed by atoms with E-state index in [4.69, 9.17) is 4.74 Å². The highest BCUT2D eigenvalue weighted by molar-refractivity contribution is 6.09. The standard InChI is InChI=1S/C18H16O3/c1-10(2)11-7-8-14-15(9-11)21-17-13-6-4-3-5-12(13)16(19)18(14,17)20/h3-10,17,20H,1-2H3. The average molecular weight is 280 g/mol. The second-order valence-corrected chi connectivity index (χ2v) is 6.09. The molecular weight excluding hydrogens is 264 g/mol. The van der Waals surface area contributed by atoms with Gasteiger partial charge in [0.2, 0.25) is 5.78 Å². The second kappa shape index (κ2) is 3.95. The fourth-order valence-corrected chi connectivity index (χ4v) is 3.33. The summed E-state index contributed by atoms with van der Waals surface area (Å²) in [6.45, 7) is 4.21. The summed E-state index contributed by atoms with van der Waals surface area (Å²) >= 11 is 0. The van der Waals surface area contributed by atoms with Crippen molar-refractivity contribution in [3.63, 3.8) is 0 Å². The lowest BCUT2D eigenvalue weighted by Gasteiger charge is -2.19. The minimum Gasteiger partial charge on any atom is -0.481 e. The Hall–Kier alpha value is -2.13. The van der Waals surface area contributed by atoms with E-state index in [0.29, 0.717) is 22.8 Å². The molecule has 0 bridgehead atoms. The van der Waals surface area contributed by atoms with Gasteiger partial charge < -0.3 is 9.84 Å². The maximum atomic E-state index is 12.7. The zero-order chi connectivity index (χ0) is 14.8. The lowest BCUT2D eigenvalue weighted by Crippen LogP contribution is -2.33. The van der Waals surface area contributed by atoms with Crippen molar-refractivity contribution in [3.05, 3.63) is 64.7 Å². The first-order valence-corrected chi connectivity index (χ1v) is 7.20. The molecule has 2 unspecified atom stereocenters. The molecule has 1 aliphatic carbocycles. The minimum absolute atomic E-state index is 0.265. The summed E-state index contributed by atoms with van der Waals surface area (Å²) in [6, 6.07) is 13.0. The maximum Gasteiger partial charge on any atom is 0.203 e. The van der Waals surface area contributed by atoms with Crippen LogP contribution in [0.1, 0.15) is 52.9 Å². The molecule has 0 saturated heterocycles. The molecule has 0 saturated carbocycles. The molecule has 2 aliphatic rings. The molecule has 2 aromatic rings. The van der Waals surface area contributed by atoms with Crippen LogP contribution in [-0.2, 0) is 5.60 Å². The molecule has 2 aromatic carbocycles. The molecule has 2 atom stereocenters. The van der Waals surface area contributed by atoms with Gasteiger partial charge in [-0.05, 0) is 17.5 Å². The van der Waals surface area contributed by atoms with E-state index in [-0.39, 0.29) is 5.78 Å². The van der Waals surface area contributed by atoms with Crippen LogP contribution in [0.5, 0.6) is 5.75 Å². The smallest absolute Gasteiger partial charge is 0.203 e. The second-order valence-electron chi connectivity index (χ2n) is 6.09. The number of ether oxygens (including phenoxy) is 1. The SMILES string of the molecule is CC(C)c1ccc2c(c1)OC1c3ccccc3C(=O)C21O. The van der Waals surface area contributed by atoms with Crippen LogP contribution in [0.3, 0.4) is 0 Å². The van der Waals surface area contributed by atoms with Gasteiger partial charge in [0.15, 0.2) is 11.7 Å². The fourth-order valence-electron chi connectivity index (χ4n) is 3.33. The molecule has 21 heavy (non-hydrogen) atoms. The van der Waals surface area contributed by atoms with Crippen LogP contribution >= 0.6 is 0 Å². The summed E-state index contributed by atoms with van der Waals surface area (Å²) in [7, 11) is 0. The first kappa shape index (κ1) is 12.6. The summed E-state index contributed by atoms with van der Waals surface area (Å²) in [4.78, 5) is 12.7. The number of hydrogen-bond acceptors (Lipinski definition) is 3. The van der Waals surface area contributed by atoms with Crippen LogP contribution in [0.2, 0.25) is 0 Å².